The number of benzene rings is 7. The van der Waals surface area contributed by atoms with E-state index < -0.39 is 0 Å². The molecule has 0 aliphatic rings. The highest BCUT2D eigenvalue weighted by Gasteiger charge is 2.15. The van der Waals surface area contributed by atoms with Gasteiger partial charge >= 0.3 is 0 Å². The number of nitrogens with zero attached hydrogens (tertiary/aromatic N) is 3. The maximum Gasteiger partial charge on any atom is 0.164 e. The minimum absolute atomic E-state index is 0.601. The largest absolute Gasteiger partial charge is 0.456 e. The van der Waals surface area contributed by atoms with Crippen molar-refractivity contribution >= 4 is 43.5 Å². The lowest BCUT2D eigenvalue weighted by Gasteiger charge is -2.10. The summed E-state index contributed by atoms with van der Waals surface area (Å²) in [6.07, 6.45) is 0. The predicted octanol–water partition coefficient (Wildman–Crippen LogP) is 10.7. The van der Waals surface area contributed by atoms with Crippen LogP contribution < -0.4 is 0 Å². The fourth-order valence-electron chi connectivity index (χ4n) is 6.14. The molecule has 7 aromatic carbocycles. The molecule has 210 valence electrons. The van der Waals surface area contributed by atoms with Crippen molar-refractivity contribution in [3.63, 3.8) is 0 Å². The molecule has 0 saturated heterocycles. The number of fused-ring (bicyclic) bond motifs is 5. The van der Waals surface area contributed by atoms with Gasteiger partial charge in [-0.25, -0.2) is 15.0 Å². The average Bonchev–Trinajstić information content (AvgIpc) is 3.49. The average molecular weight is 576 g/mol. The van der Waals surface area contributed by atoms with Crippen LogP contribution in [-0.4, -0.2) is 15.0 Å². The first-order valence-corrected chi connectivity index (χ1v) is 15.0. The molecular formula is C41H25N3O. The molecule has 0 spiro atoms. The van der Waals surface area contributed by atoms with E-state index in [0.29, 0.717) is 17.5 Å². The van der Waals surface area contributed by atoms with Crippen molar-refractivity contribution in [2.24, 2.45) is 0 Å². The van der Waals surface area contributed by atoms with Crippen molar-refractivity contribution in [2.75, 3.05) is 0 Å². The van der Waals surface area contributed by atoms with E-state index in [4.69, 9.17) is 19.4 Å². The van der Waals surface area contributed by atoms with Crippen LogP contribution >= 0.6 is 0 Å². The molecule has 9 aromatic rings. The Bertz CT molecular complexity index is 2550. The predicted molar refractivity (Wildman–Crippen MR) is 184 cm³/mol. The second kappa shape index (κ2) is 10.2. The number of para-hydroxylation sites is 1. The van der Waals surface area contributed by atoms with E-state index in [2.05, 4.69) is 127 Å². The lowest BCUT2D eigenvalue weighted by molar-refractivity contribution is 0.669. The Balaban J connectivity index is 1.17. The Morgan fingerprint density at radius 1 is 0.311 bits per heavy atom. The van der Waals surface area contributed by atoms with Crippen molar-refractivity contribution in [2.45, 2.75) is 0 Å². The molecule has 4 heteroatoms. The van der Waals surface area contributed by atoms with Crippen LogP contribution in [0.4, 0.5) is 0 Å². The van der Waals surface area contributed by atoms with E-state index in [9.17, 15) is 0 Å². The van der Waals surface area contributed by atoms with E-state index in [1.165, 1.54) is 21.7 Å². The summed E-state index contributed by atoms with van der Waals surface area (Å²) in [6, 6.07) is 52.4. The molecule has 9 rings (SSSR count). The molecule has 4 nitrogen and oxygen atoms in total. The Labute approximate surface area is 259 Å². The molecule has 0 aliphatic carbocycles. The maximum atomic E-state index is 6.20. The summed E-state index contributed by atoms with van der Waals surface area (Å²) in [6.45, 7) is 0. The first-order valence-electron chi connectivity index (χ1n) is 15.0. The summed E-state index contributed by atoms with van der Waals surface area (Å²) >= 11 is 0. The SMILES string of the molecule is c1ccc2cc(-c3ccc(-c4nc(-c5ccc6ccccc6c5)nc(-c5ccc6c(c5)oc5ccccc56)n4)cc3)ccc2c1. The molecule has 0 amide bonds. The zero-order valence-electron chi connectivity index (χ0n) is 24.2. The van der Waals surface area contributed by atoms with Crippen LogP contribution in [0.25, 0.3) is 88.8 Å². The zero-order valence-corrected chi connectivity index (χ0v) is 24.2. The van der Waals surface area contributed by atoms with Gasteiger partial charge < -0.3 is 4.42 Å². The highest BCUT2D eigenvalue weighted by molar-refractivity contribution is 6.05. The summed E-state index contributed by atoms with van der Waals surface area (Å²) < 4.78 is 6.20. The highest BCUT2D eigenvalue weighted by Crippen LogP contribution is 2.33. The van der Waals surface area contributed by atoms with Gasteiger partial charge in [-0.15, -0.1) is 0 Å². The number of hydrogen-bond acceptors (Lipinski definition) is 4. The lowest BCUT2D eigenvalue weighted by atomic mass is 10.00. The molecular weight excluding hydrogens is 550 g/mol. The molecule has 0 fully saturated rings. The second-order valence-corrected chi connectivity index (χ2v) is 11.3. The van der Waals surface area contributed by atoms with Crippen LogP contribution in [-0.2, 0) is 0 Å². The highest BCUT2D eigenvalue weighted by atomic mass is 16.3. The molecule has 0 unspecified atom stereocenters. The molecule has 2 heterocycles. The standard InChI is InChI=1S/C41H25N3O/c1-3-9-30-23-32(19-15-26(30)7-1)28-13-17-29(18-14-28)39-42-40(33-20-16-27-8-2-4-10-31(27)24-33)44-41(43-39)34-21-22-36-35-11-5-6-12-37(35)45-38(36)25-34/h1-25H. The molecule has 0 atom stereocenters. The van der Waals surface area contributed by atoms with Gasteiger partial charge in [-0.1, -0.05) is 121 Å². The van der Waals surface area contributed by atoms with Gasteiger partial charge in [-0.05, 0) is 63.0 Å². The number of aromatic nitrogens is 3. The molecule has 0 aliphatic heterocycles. The molecule has 0 bridgehead atoms. The quantitative estimate of drug-likeness (QED) is 0.209. The van der Waals surface area contributed by atoms with Crippen LogP contribution in [0.15, 0.2) is 156 Å². The van der Waals surface area contributed by atoms with Gasteiger partial charge in [0.25, 0.3) is 0 Å². The Kier molecular flexibility index (Phi) is 5.78. The van der Waals surface area contributed by atoms with E-state index >= 15 is 0 Å². The molecule has 0 N–H and O–H groups in total. The monoisotopic (exact) mass is 575 g/mol. The maximum absolute atomic E-state index is 6.20. The number of hydrogen-bond donors (Lipinski definition) is 0. The van der Waals surface area contributed by atoms with Gasteiger partial charge in [0, 0.05) is 27.5 Å². The van der Waals surface area contributed by atoms with Crippen molar-refractivity contribution in [3.05, 3.63) is 152 Å². The first kappa shape index (κ1) is 25.4. The van der Waals surface area contributed by atoms with Crippen molar-refractivity contribution in [1.29, 1.82) is 0 Å². The Morgan fingerprint density at radius 2 is 0.778 bits per heavy atom. The minimum Gasteiger partial charge on any atom is -0.456 e. The zero-order chi connectivity index (χ0) is 29.7. The first-order chi connectivity index (χ1) is 22.2. The third-order valence-corrected chi connectivity index (χ3v) is 8.51. The van der Waals surface area contributed by atoms with Gasteiger partial charge in [0.15, 0.2) is 17.5 Å². The summed E-state index contributed by atoms with van der Waals surface area (Å²) in [4.78, 5) is 15.0. The van der Waals surface area contributed by atoms with E-state index in [0.717, 1.165) is 49.6 Å². The van der Waals surface area contributed by atoms with Crippen molar-refractivity contribution < 1.29 is 4.42 Å². The molecule has 45 heavy (non-hydrogen) atoms. The summed E-state index contributed by atoms with van der Waals surface area (Å²) in [5, 5.41) is 6.94. The van der Waals surface area contributed by atoms with E-state index in [1.54, 1.807) is 0 Å². The normalized spacial score (nSPS) is 11.6. The van der Waals surface area contributed by atoms with E-state index in [-0.39, 0.29) is 0 Å². The van der Waals surface area contributed by atoms with Gasteiger partial charge in [-0.3, -0.25) is 0 Å². The van der Waals surface area contributed by atoms with Crippen LogP contribution in [0.3, 0.4) is 0 Å². The second-order valence-electron chi connectivity index (χ2n) is 11.3. The molecule has 0 saturated carbocycles. The lowest BCUT2D eigenvalue weighted by Crippen LogP contribution is -2.00. The topological polar surface area (TPSA) is 51.8 Å². The third-order valence-electron chi connectivity index (χ3n) is 8.51. The summed E-state index contributed by atoms with van der Waals surface area (Å²) in [7, 11) is 0. The van der Waals surface area contributed by atoms with Gasteiger partial charge in [0.1, 0.15) is 11.2 Å². The van der Waals surface area contributed by atoms with Crippen LogP contribution in [0.5, 0.6) is 0 Å². The van der Waals surface area contributed by atoms with Gasteiger partial charge in [0.2, 0.25) is 0 Å². The molecule has 0 radical (unpaired) electrons. The van der Waals surface area contributed by atoms with Crippen LogP contribution in [0, 0.1) is 0 Å². The van der Waals surface area contributed by atoms with Gasteiger partial charge in [0.05, 0.1) is 0 Å². The number of furan rings is 1. The fraction of sp³-hybridized carbons (Fsp3) is 0. The third kappa shape index (κ3) is 4.52. The summed E-state index contributed by atoms with van der Waals surface area (Å²) in [5.41, 5.74) is 6.73. The van der Waals surface area contributed by atoms with Crippen LogP contribution in [0.2, 0.25) is 0 Å². The number of rotatable bonds is 4. The Morgan fingerprint density at radius 3 is 1.49 bits per heavy atom. The van der Waals surface area contributed by atoms with Crippen molar-refractivity contribution in [3.8, 4) is 45.3 Å². The molecule has 2 aromatic heterocycles. The van der Waals surface area contributed by atoms with E-state index in [1.807, 2.05) is 24.3 Å². The van der Waals surface area contributed by atoms with Crippen molar-refractivity contribution in [1.82, 2.24) is 15.0 Å². The smallest absolute Gasteiger partial charge is 0.164 e. The van der Waals surface area contributed by atoms with Gasteiger partial charge in [-0.2, -0.15) is 0 Å². The minimum atomic E-state index is 0.601. The fourth-order valence-corrected chi connectivity index (χ4v) is 6.14. The van der Waals surface area contributed by atoms with Crippen LogP contribution in [0.1, 0.15) is 0 Å². The summed E-state index contributed by atoms with van der Waals surface area (Å²) in [5.74, 6) is 1.85. The Hall–Kier alpha value is -6.13.